The minimum absolute atomic E-state index is 0.0632. The second-order valence-corrected chi connectivity index (χ2v) is 6.11. The van der Waals surface area contributed by atoms with E-state index in [4.69, 9.17) is 23.2 Å². The molecule has 1 saturated carbocycles. The number of anilines is 1. The van der Waals surface area contributed by atoms with Crippen molar-refractivity contribution in [1.29, 1.82) is 0 Å². The van der Waals surface area contributed by atoms with Crippen LogP contribution < -0.4 is 5.32 Å². The van der Waals surface area contributed by atoms with Crippen molar-refractivity contribution in [3.05, 3.63) is 64.1 Å². The molecule has 0 heterocycles. The van der Waals surface area contributed by atoms with E-state index in [1.165, 1.54) is 0 Å². The van der Waals surface area contributed by atoms with Gasteiger partial charge in [0.05, 0.1) is 10.0 Å². The van der Waals surface area contributed by atoms with Crippen molar-refractivity contribution in [3.8, 4) is 0 Å². The Morgan fingerprint density at radius 1 is 0.955 bits per heavy atom. The van der Waals surface area contributed by atoms with Gasteiger partial charge in [-0.25, -0.2) is 0 Å². The van der Waals surface area contributed by atoms with Gasteiger partial charge in [-0.05, 0) is 36.8 Å². The Kier molecular flexibility index (Phi) is 4.19. The van der Waals surface area contributed by atoms with E-state index in [0.717, 1.165) is 5.69 Å². The average molecular weight is 334 g/mol. The lowest BCUT2D eigenvalue weighted by molar-refractivity contribution is -0.117. The lowest BCUT2D eigenvalue weighted by Crippen LogP contribution is -2.17. The molecule has 1 fully saturated rings. The summed E-state index contributed by atoms with van der Waals surface area (Å²) in [5, 5.41) is 3.58. The molecule has 3 rings (SSSR count). The molecule has 112 valence electrons. The number of carbonyl (C=O) groups is 2. The lowest BCUT2D eigenvalue weighted by atomic mass is 10.1. The summed E-state index contributed by atoms with van der Waals surface area (Å²) >= 11 is 11.8. The zero-order chi connectivity index (χ0) is 15.7. The zero-order valence-corrected chi connectivity index (χ0v) is 13.1. The maximum absolute atomic E-state index is 12.4. The monoisotopic (exact) mass is 333 g/mol. The summed E-state index contributed by atoms with van der Waals surface area (Å²) < 4.78 is 0. The van der Waals surface area contributed by atoms with Crippen molar-refractivity contribution >= 4 is 40.6 Å². The first kappa shape index (κ1) is 15.1. The summed E-state index contributed by atoms with van der Waals surface area (Å²) in [6, 6.07) is 14.0. The van der Waals surface area contributed by atoms with Crippen molar-refractivity contribution in [1.82, 2.24) is 0 Å². The van der Waals surface area contributed by atoms with Gasteiger partial charge >= 0.3 is 0 Å². The van der Waals surface area contributed by atoms with Gasteiger partial charge in [0.25, 0.3) is 0 Å². The van der Waals surface area contributed by atoms with Gasteiger partial charge in [-0.1, -0.05) is 41.4 Å². The highest BCUT2D eigenvalue weighted by molar-refractivity contribution is 6.42. The maximum Gasteiger partial charge on any atom is 0.228 e. The molecular weight excluding hydrogens is 321 g/mol. The standard InChI is InChI=1S/C17H13Cl2NO2/c18-14-7-6-10(8-15(14)19)16(21)12-9-13(12)17(22)20-11-4-2-1-3-5-11/h1-8,12-13H,9H2,(H,20,22). The SMILES string of the molecule is O=C(Nc1ccccc1)C1CC1C(=O)c1ccc(Cl)c(Cl)c1. The molecule has 1 aliphatic rings. The van der Waals surface area contributed by atoms with Crippen molar-refractivity contribution < 1.29 is 9.59 Å². The first-order valence-electron chi connectivity index (χ1n) is 6.91. The van der Waals surface area contributed by atoms with E-state index in [-0.39, 0.29) is 23.5 Å². The quantitative estimate of drug-likeness (QED) is 0.840. The molecule has 0 aliphatic heterocycles. The number of carbonyl (C=O) groups excluding carboxylic acids is 2. The third-order valence-electron chi connectivity index (χ3n) is 3.71. The van der Waals surface area contributed by atoms with Crippen LogP contribution in [0, 0.1) is 11.8 Å². The van der Waals surface area contributed by atoms with Crippen LogP contribution in [-0.2, 0) is 4.79 Å². The summed E-state index contributed by atoms with van der Waals surface area (Å²) in [5.74, 6) is -0.737. The fourth-order valence-corrected chi connectivity index (χ4v) is 2.69. The number of amides is 1. The molecule has 2 aromatic rings. The number of halogens is 2. The van der Waals surface area contributed by atoms with Crippen LogP contribution in [0.1, 0.15) is 16.8 Å². The van der Waals surface area contributed by atoms with E-state index in [2.05, 4.69) is 5.32 Å². The topological polar surface area (TPSA) is 46.2 Å². The first-order chi connectivity index (χ1) is 10.6. The molecule has 1 amide bonds. The van der Waals surface area contributed by atoms with Crippen molar-refractivity contribution in [2.24, 2.45) is 11.8 Å². The molecule has 1 aliphatic carbocycles. The van der Waals surface area contributed by atoms with Crippen molar-refractivity contribution in [3.63, 3.8) is 0 Å². The molecular formula is C17H13Cl2NO2. The molecule has 2 atom stereocenters. The Morgan fingerprint density at radius 2 is 1.68 bits per heavy atom. The van der Waals surface area contributed by atoms with E-state index >= 15 is 0 Å². The summed E-state index contributed by atoms with van der Waals surface area (Å²) in [4.78, 5) is 24.5. The molecule has 5 heteroatoms. The predicted molar refractivity (Wildman–Crippen MR) is 87.5 cm³/mol. The number of hydrogen-bond donors (Lipinski definition) is 1. The molecule has 0 spiro atoms. The average Bonchev–Trinajstić information content (AvgIpc) is 3.31. The highest BCUT2D eigenvalue weighted by Gasteiger charge is 2.48. The smallest absolute Gasteiger partial charge is 0.228 e. The van der Waals surface area contributed by atoms with Crippen LogP contribution in [0.4, 0.5) is 5.69 Å². The minimum Gasteiger partial charge on any atom is -0.326 e. The van der Waals surface area contributed by atoms with E-state index in [1.807, 2.05) is 30.3 Å². The van der Waals surface area contributed by atoms with Gasteiger partial charge in [0, 0.05) is 23.1 Å². The van der Waals surface area contributed by atoms with Crippen molar-refractivity contribution in [2.75, 3.05) is 5.32 Å². The number of nitrogens with one attached hydrogen (secondary N) is 1. The van der Waals surface area contributed by atoms with Gasteiger partial charge in [-0.3, -0.25) is 9.59 Å². The molecule has 0 radical (unpaired) electrons. The van der Waals surface area contributed by atoms with Gasteiger partial charge in [0.15, 0.2) is 5.78 Å². The Morgan fingerprint density at radius 3 is 2.36 bits per heavy atom. The number of rotatable bonds is 4. The van der Waals surface area contributed by atoms with Crippen LogP contribution in [0.5, 0.6) is 0 Å². The second-order valence-electron chi connectivity index (χ2n) is 5.30. The minimum atomic E-state index is -0.277. The summed E-state index contributed by atoms with van der Waals surface area (Å²) in [5.41, 5.74) is 1.23. The van der Waals surface area contributed by atoms with Gasteiger partial charge in [0.1, 0.15) is 0 Å². The van der Waals surface area contributed by atoms with Crippen LogP contribution in [-0.4, -0.2) is 11.7 Å². The molecule has 2 unspecified atom stereocenters. The highest BCUT2D eigenvalue weighted by Crippen LogP contribution is 2.42. The van der Waals surface area contributed by atoms with Gasteiger partial charge in [-0.15, -0.1) is 0 Å². The van der Waals surface area contributed by atoms with E-state index in [1.54, 1.807) is 18.2 Å². The Balaban J connectivity index is 1.65. The second kappa shape index (κ2) is 6.11. The molecule has 0 saturated heterocycles. The molecule has 1 N–H and O–H groups in total. The molecule has 3 nitrogen and oxygen atoms in total. The number of hydrogen-bond acceptors (Lipinski definition) is 2. The van der Waals surface area contributed by atoms with Crippen LogP contribution in [0.2, 0.25) is 10.0 Å². The highest BCUT2D eigenvalue weighted by atomic mass is 35.5. The molecule has 0 aromatic heterocycles. The zero-order valence-electron chi connectivity index (χ0n) is 11.6. The van der Waals surface area contributed by atoms with Crippen LogP contribution in [0.3, 0.4) is 0 Å². The van der Waals surface area contributed by atoms with E-state index in [0.29, 0.717) is 22.0 Å². The number of benzene rings is 2. The Labute approximate surface area is 138 Å². The van der Waals surface area contributed by atoms with Gasteiger partial charge < -0.3 is 5.32 Å². The normalized spacial score (nSPS) is 19.5. The van der Waals surface area contributed by atoms with E-state index in [9.17, 15) is 9.59 Å². The van der Waals surface area contributed by atoms with Crippen molar-refractivity contribution in [2.45, 2.75) is 6.42 Å². The van der Waals surface area contributed by atoms with Crippen LogP contribution in [0.15, 0.2) is 48.5 Å². The molecule has 0 bridgehead atoms. The largest absolute Gasteiger partial charge is 0.326 e. The predicted octanol–water partition coefficient (Wildman–Crippen LogP) is 4.45. The lowest BCUT2D eigenvalue weighted by Gasteiger charge is -2.05. The third kappa shape index (κ3) is 3.16. The van der Waals surface area contributed by atoms with Gasteiger partial charge in [0.2, 0.25) is 5.91 Å². The summed E-state index contributed by atoms with van der Waals surface area (Å²) in [6.45, 7) is 0. The van der Waals surface area contributed by atoms with Crippen LogP contribution >= 0.6 is 23.2 Å². The Hall–Kier alpha value is -1.84. The fourth-order valence-electron chi connectivity index (χ4n) is 2.39. The van der Waals surface area contributed by atoms with Crippen LogP contribution in [0.25, 0.3) is 0 Å². The van der Waals surface area contributed by atoms with E-state index < -0.39 is 0 Å². The summed E-state index contributed by atoms with van der Waals surface area (Å²) in [7, 11) is 0. The first-order valence-corrected chi connectivity index (χ1v) is 7.67. The van der Waals surface area contributed by atoms with Gasteiger partial charge in [-0.2, -0.15) is 0 Å². The third-order valence-corrected chi connectivity index (χ3v) is 4.45. The molecule has 22 heavy (non-hydrogen) atoms. The Bertz CT molecular complexity index is 731. The summed E-state index contributed by atoms with van der Waals surface area (Å²) in [6.07, 6.45) is 0.567. The number of para-hydroxylation sites is 1. The number of Topliss-reactive ketones (excluding diaryl/α,β-unsaturated/α-hetero) is 1. The fraction of sp³-hybridized carbons (Fsp3) is 0.176. The molecule has 2 aromatic carbocycles. The maximum atomic E-state index is 12.4. The number of ketones is 1.